The molecule has 0 spiro atoms. The first kappa shape index (κ1) is 13.9. The monoisotopic (exact) mass is 227 g/mol. The average molecular weight is 227 g/mol. The Labute approximate surface area is 101 Å². The quantitative estimate of drug-likeness (QED) is 0.720. The predicted molar refractivity (Wildman–Crippen MR) is 70.0 cm³/mol. The Kier molecular flexibility index (Phi) is 4.77. The van der Waals surface area contributed by atoms with E-state index in [2.05, 4.69) is 32.7 Å². The van der Waals surface area contributed by atoms with Crippen molar-refractivity contribution < 1.29 is 0 Å². The lowest BCUT2D eigenvalue weighted by Crippen LogP contribution is -2.63. The summed E-state index contributed by atoms with van der Waals surface area (Å²) in [5.74, 6) is 1.24. The molecular formula is C13H29N3. The number of rotatable bonds is 4. The number of nitrogens with zero attached hydrogens (tertiary/aromatic N) is 1. The molecule has 0 amide bonds. The van der Waals surface area contributed by atoms with E-state index in [1.807, 2.05) is 0 Å². The van der Waals surface area contributed by atoms with Crippen LogP contribution in [0.2, 0.25) is 0 Å². The minimum Gasteiger partial charge on any atom is -0.328 e. The first-order chi connectivity index (χ1) is 7.40. The van der Waals surface area contributed by atoms with Gasteiger partial charge in [0.25, 0.3) is 0 Å². The molecule has 0 aliphatic heterocycles. The molecular weight excluding hydrogens is 198 g/mol. The topological polar surface area (TPSA) is 55.3 Å². The van der Waals surface area contributed by atoms with Crippen LogP contribution >= 0.6 is 0 Å². The van der Waals surface area contributed by atoms with Crippen molar-refractivity contribution in [2.45, 2.75) is 58.2 Å². The second-order valence-electron chi connectivity index (χ2n) is 5.87. The fraction of sp³-hybridized carbons (Fsp3) is 1.00. The van der Waals surface area contributed by atoms with Crippen molar-refractivity contribution in [2.75, 3.05) is 13.6 Å². The molecule has 0 aromatic rings. The summed E-state index contributed by atoms with van der Waals surface area (Å²) in [7, 11) is 2.14. The standard InChI is InChI=1S/C13H29N3/c1-5-16(4)13(15)7-6-12(14)9-11(13)8-10(2)3/h10-12H,5-9,14-15H2,1-4H3. The van der Waals surface area contributed by atoms with Crippen LogP contribution in [0.1, 0.15) is 46.5 Å². The fourth-order valence-corrected chi connectivity index (χ4v) is 2.97. The van der Waals surface area contributed by atoms with Crippen LogP contribution in [0.4, 0.5) is 0 Å². The zero-order valence-corrected chi connectivity index (χ0v) is 11.4. The van der Waals surface area contributed by atoms with Gasteiger partial charge in [-0.25, -0.2) is 0 Å². The predicted octanol–water partition coefficient (Wildman–Crippen LogP) is 1.77. The third-order valence-corrected chi connectivity index (χ3v) is 4.15. The van der Waals surface area contributed by atoms with E-state index < -0.39 is 0 Å². The van der Waals surface area contributed by atoms with Crippen molar-refractivity contribution in [1.29, 1.82) is 0 Å². The summed E-state index contributed by atoms with van der Waals surface area (Å²) < 4.78 is 0. The van der Waals surface area contributed by atoms with Gasteiger partial charge in [-0.2, -0.15) is 0 Å². The van der Waals surface area contributed by atoms with Crippen molar-refractivity contribution in [3.8, 4) is 0 Å². The normalized spacial score (nSPS) is 36.0. The van der Waals surface area contributed by atoms with Gasteiger partial charge >= 0.3 is 0 Å². The maximum absolute atomic E-state index is 6.64. The van der Waals surface area contributed by atoms with Crippen molar-refractivity contribution in [3.05, 3.63) is 0 Å². The van der Waals surface area contributed by atoms with Crippen LogP contribution in [0.5, 0.6) is 0 Å². The molecule has 3 atom stereocenters. The minimum atomic E-state index is -0.130. The maximum atomic E-state index is 6.64. The van der Waals surface area contributed by atoms with Gasteiger partial charge in [-0.05, 0) is 51.1 Å². The molecule has 3 unspecified atom stereocenters. The average Bonchev–Trinajstić information content (AvgIpc) is 2.21. The van der Waals surface area contributed by atoms with E-state index in [-0.39, 0.29) is 5.66 Å². The van der Waals surface area contributed by atoms with Crippen molar-refractivity contribution in [3.63, 3.8) is 0 Å². The lowest BCUT2D eigenvalue weighted by atomic mass is 9.73. The summed E-state index contributed by atoms with van der Waals surface area (Å²) in [6.45, 7) is 7.73. The zero-order valence-electron chi connectivity index (χ0n) is 11.4. The highest BCUT2D eigenvalue weighted by molar-refractivity contribution is 4.96. The van der Waals surface area contributed by atoms with Gasteiger partial charge in [0.2, 0.25) is 0 Å². The van der Waals surface area contributed by atoms with E-state index in [0.29, 0.717) is 17.9 Å². The smallest absolute Gasteiger partial charge is 0.0714 e. The van der Waals surface area contributed by atoms with Gasteiger partial charge in [0.15, 0.2) is 0 Å². The molecule has 16 heavy (non-hydrogen) atoms. The molecule has 0 aromatic carbocycles. The van der Waals surface area contributed by atoms with Crippen molar-refractivity contribution in [2.24, 2.45) is 23.3 Å². The van der Waals surface area contributed by atoms with Crippen LogP contribution in [0, 0.1) is 11.8 Å². The molecule has 1 aliphatic rings. The summed E-state index contributed by atoms with van der Waals surface area (Å²) in [5, 5.41) is 0. The summed E-state index contributed by atoms with van der Waals surface area (Å²) in [6, 6.07) is 0.352. The van der Waals surface area contributed by atoms with Crippen molar-refractivity contribution in [1.82, 2.24) is 4.90 Å². The van der Waals surface area contributed by atoms with Gasteiger partial charge in [-0.3, -0.25) is 4.90 Å². The third-order valence-electron chi connectivity index (χ3n) is 4.15. The summed E-state index contributed by atoms with van der Waals surface area (Å²) in [5.41, 5.74) is 12.6. The highest BCUT2D eigenvalue weighted by atomic mass is 15.3. The Morgan fingerprint density at radius 2 is 2.06 bits per heavy atom. The number of hydrogen-bond donors (Lipinski definition) is 2. The highest BCUT2D eigenvalue weighted by Gasteiger charge is 2.42. The lowest BCUT2D eigenvalue weighted by molar-refractivity contribution is 0.0110. The van der Waals surface area contributed by atoms with E-state index in [9.17, 15) is 0 Å². The maximum Gasteiger partial charge on any atom is 0.0714 e. The van der Waals surface area contributed by atoms with E-state index in [4.69, 9.17) is 11.5 Å². The van der Waals surface area contributed by atoms with Crippen LogP contribution in [-0.4, -0.2) is 30.2 Å². The second kappa shape index (κ2) is 5.48. The summed E-state index contributed by atoms with van der Waals surface area (Å²) in [4.78, 5) is 2.31. The summed E-state index contributed by atoms with van der Waals surface area (Å²) in [6.07, 6.45) is 4.37. The van der Waals surface area contributed by atoms with Gasteiger partial charge in [0, 0.05) is 6.04 Å². The van der Waals surface area contributed by atoms with Crippen LogP contribution < -0.4 is 11.5 Å². The molecule has 1 saturated carbocycles. The largest absolute Gasteiger partial charge is 0.328 e. The molecule has 1 rings (SSSR count). The van der Waals surface area contributed by atoms with Crippen molar-refractivity contribution >= 4 is 0 Å². The lowest BCUT2D eigenvalue weighted by Gasteiger charge is -2.49. The molecule has 1 fully saturated rings. The Bertz CT molecular complexity index is 215. The van der Waals surface area contributed by atoms with Crippen LogP contribution in [0.25, 0.3) is 0 Å². The van der Waals surface area contributed by atoms with Gasteiger partial charge in [0.05, 0.1) is 5.66 Å². The third kappa shape index (κ3) is 2.96. The molecule has 0 aromatic heterocycles. The van der Waals surface area contributed by atoms with Crippen LogP contribution in [0.3, 0.4) is 0 Å². The van der Waals surface area contributed by atoms with Gasteiger partial charge in [-0.15, -0.1) is 0 Å². The molecule has 96 valence electrons. The van der Waals surface area contributed by atoms with E-state index in [1.54, 1.807) is 0 Å². The molecule has 0 saturated heterocycles. The number of hydrogen-bond acceptors (Lipinski definition) is 3. The molecule has 0 radical (unpaired) electrons. The zero-order chi connectivity index (χ0) is 12.3. The van der Waals surface area contributed by atoms with Crippen LogP contribution in [0.15, 0.2) is 0 Å². The van der Waals surface area contributed by atoms with E-state index >= 15 is 0 Å². The Morgan fingerprint density at radius 1 is 1.44 bits per heavy atom. The molecule has 3 nitrogen and oxygen atoms in total. The Hall–Kier alpha value is -0.120. The van der Waals surface area contributed by atoms with Gasteiger partial charge in [-0.1, -0.05) is 20.8 Å². The van der Waals surface area contributed by atoms with Crippen LogP contribution in [-0.2, 0) is 0 Å². The first-order valence-corrected chi connectivity index (χ1v) is 6.65. The fourth-order valence-electron chi connectivity index (χ4n) is 2.97. The number of nitrogens with two attached hydrogens (primary N) is 2. The molecule has 3 heteroatoms. The molecule has 1 aliphatic carbocycles. The van der Waals surface area contributed by atoms with E-state index in [0.717, 1.165) is 25.8 Å². The Morgan fingerprint density at radius 3 is 2.56 bits per heavy atom. The SMILES string of the molecule is CCN(C)C1(N)CCC(N)CC1CC(C)C. The molecule has 0 bridgehead atoms. The molecule has 4 N–H and O–H groups in total. The minimum absolute atomic E-state index is 0.130. The second-order valence-corrected chi connectivity index (χ2v) is 5.87. The van der Waals surface area contributed by atoms with Gasteiger partial charge in [0.1, 0.15) is 0 Å². The Balaban J connectivity index is 2.78. The highest BCUT2D eigenvalue weighted by Crippen LogP contribution is 2.37. The van der Waals surface area contributed by atoms with E-state index in [1.165, 1.54) is 6.42 Å². The summed E-state index contributed by atoms with van der Waals surface area (Å²) >= 11 is 0. The molecule has 0 heterocycles. The first-order valence-electron chi connectivity index (χ1n) is 6.65. The van der Waals surface area contributed by atoms with Gasteiger partial charge < -0.3 is 11.5 Å².